The van der Waals surface area contributed by atoms with Crippen molar-refractivity contribution in [1.29, 1.82) is 0 Å². The van der Waals surface area contributed by atoms with Crippen molar-refractivity contribution >= 4 is 38.6 Å². The largest absolute Gasteiger partial charge is 0.377 e. The van der Waals surface area contributed by atoms with Crippen molar-refractivity contribution in [1.82, 2.24) is 0 Å². The van der Waals surface area contributed by atoms with Crippen LogP contribution in [0.5, 0.6) is 0 Å². The summed E-state index contributed by atoms with van der Waals surface area (Å²) in [5, 5.41) is 14.0. The van der Waals surface area contributed by atoms with Crippen LogP contribution in [0.4, 0.5) is 11.4 Å². The molecule has 1 aromatic carbocycles. The lowest BCUT2D eigenvalue weighted by molar-refractivity contribution is -0.384. The number of nitrogens with zero attached hydrogens (tertiary/aromatic N) is 1. The number of aryl methyl sites for hydroxylation is 1. The Morgan fingerprint density at radius 1 is 1.37 bits per heavy atom. The van der Waals surface area contributed by atoms with E-state index in [-0.39, 0.29) is 11.7 Å². The van der Waals surface area contributed by atoms with Crippen LogP contribution in [0.25, 0.3) is 0 Å². The SMILES string of the molecule is Cc1ccc(C(C)Nc2ccc([N+](=O)[O-])cc2Br)s1. The van der Waals surface area contributed by atoms with Gasteiger partial charge in [-0.25, -0.2) is 0 Å². The molecule has 1 unspecified atom stereocenters. The van der Waals surface area contributed by atoms with Gasteiger partial charge in [-0.05, 0) is 48.0 Å². The van der Waals surface area contributed by atoms with Gasteiger partial charge in [-0.1, -0.05) is 0 Å². The summed E-state index contributed by atoms with van der Waals surface area (Å²) in [7, 11) is 0. The van der Waals surface area contributed by atoms with E-state index in [1.807, 2.05) is 0 Å². The van der Waals surface area contributed by atoms with Crippen LogP contribution in [-0.4, -0.2) is 4.92 Å². The molecule has 0 aliphatic heterocycles. The maximum atomic E-state index is 10.7. The van der Waals surface area contributed by atoms with Gasteiger partial charge in [-0.2, -0.15) is 0 Å². The van der Waals surface area contributed by atoms with Gasteiger partial charge in [-0.3, -0.25) is 10.1 Å². The van der Waals surface area contributed by atoms with Gasteiger partial charge in [0.2, 0.25) is 0 Å². The van der Waals surface area contributed by atoms with Crippen LogP contribution in [0, 0.1) is 17.0 Å². The highest BCUT2D eigenvalue weighted by Gasteiger charge is 2.12. The summed E-state index contributed by atoms with van der Waals surface area (Å²) in [5.74, 6) is 0. The van der Waals surface area contributed by atoms with Gasteiger partial charge in [0.15, 0.2) is 0 Å². The molecule has 0 amide bonds. The number of hydrogen-bond acceptors (Lipinski definition) is 4. The summed E-state index contributed by atoms with van der Waals surface area (Å²) in [6.07, 6.45) is 0. The van der Waals surface area contributed by atoms with Crippen molar-refractivity contribution in [2.24, 2.45) is 0 Å². The molecule has 6 heteroatoms. The highest BCUT2D eigenvalue weighted by atomic mass is 79.9. The quantitative estimate of drug-likeness (QED) is 0.636. The predicted octanol–water partition coefficient (Wildman–Crippen LogP) is 4.90. The first-order valence-electron chi connectivity index (χ1n) is 5.74. The molecule has 0 bridgehead atoms. The van der Waals surface area contributed by atoms with E-state index in [9.17, 15) is 10.1 Å². The third-order valence-corrected chi connectivity index (χ3v) is 4.56. The minimum atomic E-state index is -0.402. The molecule has 0 aliphatic rings. The number of rotatable bonds is 4. The number of anilines is 1. The summed E-state index contributed by atoms with van der Waals surface area (Å²) >= 11 is 5.10. The first-order valence-corrected chi connectivity index (χ1v) is 7.35. The molecule has 0 saturated carbocycles. The average molecular weight is 341 g/mol. The Morgan fingerprint density at radius 3 is 2.63 bits per heavy atom. The molecule has 2 aromatic rings. The lowest BCUT2D eigenvalue weighted by Crippen LogP contribution is -2.05. The van der Waals surface area contributed by atoms with Gasteiger partial charge in [0.25, 0.3) is 5.69 Å². The van der Waals surface area contributed by atoms with Crippen LogP contribution in [0.15, 0.2) is 34.8 Å². The summed E-state index contributed by atoms with van der Waals surface area (Å²) in [6, 6.07) is 9.07. The monoisotopic (exact) mass is 340 g/mol. The average Bonchev–Trinajstić information content (AvgIpc) is 2.78. The maximum absolute atomic E-state index is 10.7. The normalized spacial score (nSPS) is 12.2. The molecule has 100 valence electrons. The lowest BCUT2D eigenvalue weighted by Gasteiger charge is -2.15. The van der Waals surface area contributed by atoms with Crippen molar-refractivity contribution in [3.63, 3.8) is 0 Å². The Hall–Kier alpha value is -1.40. The Bertz CT molecular complexity index is 612. The van der Waals surface area contributed by atoms with Crippen LogP contribution in [0.2, 0.25) is 0 Å². The van der Waals surface area contributed by atoms with E-state index in [0.717, 1.165) is 5.69 Å². The summed E-state index contributed by atoms with van der Waals surface area (Å²) in [5.41, 5.74) is 0.932. The van der Waals surface area contributed by atoms with Crippen molar-refractivity contribution in [2.75, 3.05) is 5.32 Å². The molecule has 1 atom stereocenters. The Kier molecular flexibility index (Phi) is 4.21. The Labute approximate surface area is 123 Å². The van der Waals surface area contributed by atoms with Crippen LogP contribution in [-0.2, 0) is 0 Å². The lowest BCUT2D eigenvalue weighted by atomic mass is 10.2. The number of nitrogens with one attached hydrogen (secondary N) is 1. The molecule has 0 spiro atoms. The van der Waals surface area contributed by atoms with Crippen LogP contribution in [0.3, 0.4) is 0 Å². The fourth-order valence-corrected chi connectivity index (χ4v) is 3.09. The van der Waals surface area contributed by atoms with E-state index in [0.29, 0.717) is 4.47 Å². The number of benzene rings is 1. The maximum Gasteiger partial charge on any atom is 0.270 e. The molecular weight excluding hydrogens is 328 g/mol. The van der Waals surface area contributed by atoms with Crippen LogP contribution >= 0.6 is 27.3 Å². The molecule has 4 nitrogen and oxygen atoms in total. The number of thiophene rings is 1. The minimum absolute atomic E-state index is 0.0806. The van der Waals surface area contributed by atoms with Gasteiger partial charge in [0, 0.05) is 32.0 Å². The van der Waals surface area contributed by atoms with E-state index in [1.165, 1.54) is 21.9 Å². The zero-order valence-corrected chi connectivity index (χ0v) is 12.9. The molecule has 2 rings (SSSR count). The molecule has 1 heterocycles. The van der Waals surface area contributed by atoms with E-state index in [4.69, 9.17) is 0 Å². The first kappa shape index (κ1) is 14.0. The van der Waals surface area contributed by atoms with Crippen LogP contribution in [0.1, 0.15) is 22.7 Å². The summed E-state index contributed by atoms with van der Waals surface area (Å²) in [6.45, 7) is 4.14. The smallest absolute Gasteiger partial charge is 0.270 e. The highest BCUT2D eigenvalue weighted by Crippen LogP contribution is 2.31. The fraction of sp³-hybridized carbons (Fsp3) is 0.231. The third-order valence-electron chi connectivity index (χ3n) is 2.72. The third kappa shape index (κ3) is 3.33. The van der Waals surface area contributed by atoms with Crippen molar-refractivity contribution < 1.29 is 4.92 Å². The van der Waals surface area contributed by atoms with Gasteiger partial charge >= 0.3 is 0 Å². The standard InChI is InChI=1S/C13H13BrN2O2S/c1-8-3-6-13(19-8)9(2)15-12-5-4-10(16(17)18)7-11(12)14/h3-7,9,15H,1-2H3. The predicted molar refractivity (Wildman–Crippen MR) is 81.9 cm³/mol. The highest BCUT2D eigenvalue weighted by molar-refractivity contribution is 9.10. The molecule has 0 radical (unpaired) electrons. The second kappa shape index (κ2) is 5.71. The summed E-state index contributed by atoms with van der Waals surface area (Å²) in [4.78, 5) is 12.8. The van der Waals surface area contributed by atoms with E-state index in [2.05, 4.69) is 47.2 Å². The molecule has 19 heavy (non-hydrogen) atoms. The van der Waals surface area contributed by atoms with Crippen LogP contribution < -0.4 is 5.32 Å². The topological polar surface area (TPSA) is 55.2 Å². The number of non-ortho nitro benzene ring substituents is 1. The van der Waals surface area contributed by atoms with Crippen molar-refractivity contribution in [3.05, 3.63) is 54.7 Å². The molecular formula is C13H13BrN2O2S. The van der Waals surface area contributed by atoms with Gasteiger partial charge in [0.05, 0.1) is 11.0 Å². The zero-order valence-electron chi connectivity index (χ0n) is 10.5. The fourth-order valence-electron chi connectivity index (χ4n) is 1.73. The second-order valence-electron chi connectivity index (χ2n) is 4.24. The Balaban J connectivity index is 2.17. The first-order chi connectivity index (χ1) is 8.97. The summed E-state index contributed by atoms with van der Waals surface area (Å²) < 4.78 is 0.696. The van der Waals surface area contributed by atoms with E-state index in [1.54, 1.807) is 17.4 Å². The number of hydrogen-bond donors (Lipinski definition) is 1. The number of nitro groups is 1. The molecule has 1 N–H and O–H groups in total. The van der Waals surface area contributed by atoms with Crippen molar-refractivity contribution in [3.8, 4) is 0 Å². The minimum Gasteiger partial charge on any atom is -0.377 e. The van der Waals surface area contributed by atoms with Gasteiger partial charge < -0.3 is 5.32 Å². The molecule has 1 aromatic heterocycles. The molecule has 0 fully saturated rings. The molecule has 0 aliphatic carbocycles. The number of nitro benzene ring substituents is 1. The molecule has 0 saturated heterocycles. The Morgan fingerprint density at radius 2 is 2.11 bits per heavy atom. The second-order valence-corrected chi connectivity index (χ2v) is 6.41. The van der Waals surface area contributed by atoms with E-state index < -0.39 is 4.92 Å². The van der Waals surface area contributed by atoms with Gasteiger partial charge in [-0.15, -0.1) is 11.3 Å². The van der Waals surface area contributed by atoms with Gasteiger partial charge in [0.1, 0.15) is 0 Å². The van der Waals surface area contributed by atoms with Crippen molar-refractivity contribution in [2.45, 2.75) is 19.9 Å². The number of halogens is 1. The van der Waals surface area contributed by atoms with E-state index >= 15 is 0 Å². The zero-order chi connectivity index (χ0) is 14.0.